The maximum absolute atomic E-state index is 12.8. The summed E-state index contributed by atoms with van der Waals surface area (Å²) in [6.07, 6.45) is 1.43. The summed E-state index contributed by atoms with van der Waals surface area (Å²) >= 11 is 1.12. The van der Waals surface area contributed by atoms with Gasteiger partial charge in [-0.15, -0.1) is 0 Å². The van der Waals surface area contributed by atoms with E-state index in [2.05, 4.69) is 4.98 Å². The Morgan fingerprint density at radius 3 is 2.67 bits per heavy atom. The minimum Gasteiger partial charge on any atom is -0.431 e. The molecule has 0 radical (unpaired) electrons. The fourth-order valence-corrected chi connectivity index (χ4v) is 1.51. The molecule has 0 aliphatic heterocycles. The highest BCUT2D eigenvalue weighted by atomic mass is 32.1. The zero-order valence-corrected chi connectivity index (χ0v) is 8.22. The van der Waals surface area contributed by atoms with Crippen molar-refractivity contribution in [3.05, 3.63) is 36.0 Å². The van der Waals surface area contributed by atoms with Gasteiger partial charge in [-0.05, 0) is 12.1 Å². The van der Waals surface area contributed by atoms with E-state index in [4.69, 9.17) is 10.5 Å². The minimum atomic E-state index is -0.961. The second kappa shape index (κ2) is 3.82. The summed E-state index contributed by atoms with van der Waals surface area (Å²) in [5.41, 5.74) is 5.43. The molecule has 3 nitrogen and oxygen atoms in total. The topological polar surface area (TPSA) is 48.1 Å². The van der Waals surface area contributed by atoms with Gasteiger partial charge in [0, 0.05) is 6.07 Å². The van der Waals surface area contributed by atoms with Crippen molar-refractivity contribution in [1.82, 2.24) is 4.98 Å². The molecule has 0 spiro atoms. The number of ether oxygens (including phenoxy) is 1. The van der Waals surface area contributed by atoms with Crippen molar-refractivity contribution in [2.24, 2.45) is 0 Å². The summed E-state index contributed by atoms with van der Waals surface area (Å²) in [5, 5.41) is 0.783. The van der Waals surface area contributed by atoms with Crippen molar-refractivity contribution in [3.63, 3.8) is 0 Å². The van der Waals surface area contributed by atoms with Crippen LogP contribution in [0.2, 0.25) is 0 Å². The number of nitrogens with zero attached hydrogens (tertiary/aromatic N) is 1. The molecule has 78 valence electrons. The highest BCUT2D eigenvalue weighted by Crippen LogP contribution is 2.28. The van der Waals surface area contributed by atoms with Crippen LogP contribution in [0, 0.1) is 11.6 Å². The molecule has 0 aliphatic rings. The van der Waals surface area contributed by atoms with Crippen LogP contribution in [0.3, 0.4) is 0 Å². The average Bonchev–Trinajstić information content (AvgIpc) is 2.58. The first-order chi connectivity index (χ1) is 7.15. The number of halogens is 2. The number of rotatable bonds is 2. The van der Waals surface area contributed by atoms with Crippen molar-refractivity contribution in [2.45, 2.75) is 0 Å². The van der Waals surface area contributed by atoms with Crippen LogP contribution < -0.4 is 10.5 Å². The van der Waals surface area contributed by atoms with Crippen LogP contribution in [0.4, 0.5) is 13.8 Å². The molecule has 0 amide bonds. The van der Waals surface area contributed by atoms with E-state index in [1.54, 1.807) is 0 Å². The third kappa shape index (κ3) is 2.21. The summed E-state index contributed by atoms with van der Waals surface area (Å²) in [6.45, 7) is 0. The van der Waals surface area contributed by atoms with Gasteiger partial charge in [-0.3, -0.25) is 0 Å². The molecule has 0 saturated carbocycles. The van der Waals surface area contributed by atoms with Gasteiger partial charge in [0.1, 0.15) is 10.8 Å². The summed E-state index contributed by atoms with van der Waals surface area (Å²) < 4.78 is 30.5. The van der Waals surface area contributed by atoms with Gasteiger partial charge in [-0.2, -0.15) is 0 Å². The molecule has 15 heavy (non-hydrogen) atoms. The lowest BCUT2D eigenvalue weighted by molar-refractivity contribution is 0.459. The molecule has 0 atom stereocenters. The van der Waals surface area contributed by atoms with Crippen LogP contribution in [0.25, 0.3) is 0 Å². The number of anilines is 1. The summed E-state index contributed by atoms with van der Waals surface area (Å²) in [4.78, 5) is 3.82. The van der Waals surface area contributed by atoms with Gasteiger partial charge in [0.05, 0.1) is 6.20 Å². The van der Waals surface area contributed by atoms with Crippen molar-refractivity contribution >= 4 is 16.3 Å². The number of thiazole rings is 1. The lowest BCUT2D eigenvalue weighted by Crippen LogP contribution is -1.87. The summed E-state index contributed by atoms with van der Waals surface area (Å²) in [7, 11) is 0. The first kappa shape index (κ1) is 9.85. The zero-order valence-electron chi connectivity index (χ0n) is 7.41. The highest BCUT2D eigenvalue weighted by molar-refractivity contribution is 7.17. The standard InChI is InChI=1S/C9H6F2N2OS/c10-6-2-1-5(3-7(6)11)14-9-13-4-8(12)15-9/h1-4H,12H2. The monoisotopic (exact) mass is 228 g/mol. The number of benzene rings is 1. The number of hydrogen-bond acceptors (Lipinski definition) is 4. The van der Waals surface area contributed by atoms with Crippen molar-refractivity contribution in [3.8, 4) is 10.9 Å². The Morgan fingerprint density at radius 2 is 2.07 bits per heavy atom. The predicted octanol–water partition coefficient (Wildman–Crippen LogP) is 2.80. The molecule has 2 N–H and O–H groups in total. The van der Waals surface area contributed by atoms with E-state index in [1.807, 2.05) is 0 Å². The van der Waals surface area contributed by atoms with E-state index in [-0.39, 0.29) is 5.75 Å². The summed E-state index contributed by atoms with van der Waals surface area (Å²) in [5.74, 6) is -1.69. The normalized spacial score (nSPS) is 10.3. The van der Waals surface area contributed by atoms with Crippen LogP contribution in [0.5, 0.6) is 10.9 Å². The fraction of sp³-hybridized carbons (Fsp3) is 0. The largest absolute Gasteiger partial charge is 0.431 e. The second-order valence-electron chi connectivity index (χ2n) is 2.71. The number of nitrogens with two attached hydrogens (primary N) is 1. The number of aromatic nitrogens is 1. The zero-order chi connectivity index (χ0) is 10.8. The second-order valence-corrected chi connectivity index (χ2v) is 3.73. The fourth-order valence-electron chi connectivity index (χ4n) is 0.958. The van der Waals surface area contributed by atoms with Crippen LogP contribution in [0.15, 0.2) is 24.4 Å². The van der Waals surface area contributed by atoms with Crippen molar-refractivity contribution < 1.29 is 13.5 Å². The van der Waals surface area contributed by atoms with Crippen LogP contribution in [-0.4, -0.2) is 4.98 Å². The van der Waals surface area contributed by atoms with Gasteiger partial charge >= 0.3 is 0 Å². The third-order valence-electron chi connectivity index (χ3n) is 1.60. The van der Waals surface area contributed by atoms with E-state index in [0.717, 1.165) is 23.5 Å². The minimum absolute atomic E-state index is 0.184. The third-order valence-corrected chi connectivity index (χ3v) is 2.30. The van der Waals surface area contributed by atoms with Gasteiger partial charge < -0.3 is 10.5 Å². The Morgan fingerprint density at radius 1 is 1.27 bits per heavy atom. The van der Waals surface area contributed by atoms with Gasteiger partial charge in [-0.25, -0.2) is 13.8 Å². The van der Waals surface area contributed by atoms with E-state index < -0.39 is 11.6 Å². The Bertz CT molecular complexity index is 487. The average molecular weight is 228 g/mol. The van der Waals surface area contributed by atoms with Crippen LogP contribution in [0.1, 0.15) is 0 Å². The van der Waals surface area contributed by atoms with Crippen molar-refractivity contribution in [2.75, 3.05) is 5.73 Å². The molecule has 0 bridgehead atoms. The first-order valence-electron chi connectivity index (χ1n) is 3.99. The summed E-state index contributed by atoms with van der Waals surface area (Å²) in [6, 6.07) is 3.25. The lowest BCUT2D eigenvalue weighted by Gasteiger charge is -2.01. The molecule has 1 aromatic heterocycles. The molecule has 0 fully saturated rings. The molecule has 0 aliphatic carbocycles. The quantitative estimate of drug-likeness (QED) is 0.859. The molecule has 0 saturated heterocycles. The first-order valence-corrected chi connectivity index (χ1v) is 4.81. The SMILES string of the molecule is Nc1cnc(Oc2ccc(F)c(F)c2)s1. The Kier molecular flexibility index (Phi) is 2.51. The molecule has 1 aromatic carbocycles. The maximum atomic E-state index is 12.8. The smallest absolute Gasteiger partial charge is 0.280 e. The Hall–Kier alpha value is -1.69. The van der Waals surface area contributed by atoms with Gasteiger partial charge in [0.15, 0.2) is 11.6 Å². The van der Waals surface area contributed by atoms with E-state index in [0.29, 0.717) is 10.2 Å². The van der Waals surface area contributed by atoms with Gasteiger partial charge in [0.2, 0.25) is 0 Å². The molecular formula is C9H6F2N2OS. The lowest BCUT2D eigenvalue weighted by atomic mass is 10.3. The van der Waals surface area contributed by atoms with Crippen molar-refractivity contribution in [1.29, 1.82) is 0 Å². The predicted molar refractivity (Wildman–Crippen MR) is 53.0 cm³/mol. The van der Waals surface area contributed by atoms with E-state index >= 15 is 0 Å². The van der Waals surface area contributed by atoms with Crippen LogP contribution in [-0.2, 0) is 0 Å². The number of nitrogen functional groups attached to an aromatic ring is 1. The molecule has 2 rings (SSSR count). The number of hydrogen-bond donors (Lipinski definition) is 1. The maximum Gasteiger partial charge on any atom is 0.280 e. The van der Waals surface area contributed by atoms with E-state index in [9.17, 15) is 8.78 Å². The van der Waals surface area contributed by atoms with Crippen LogP contribution >= 0.6 is 11.3 Å². The Labute approximate surface area is 88.1 Å². The van der Waals surface area contributed by atoms with Gasteiger partial charge in [0.25, 0.3) is 5.19 Å². The van der Waals surface area contributed by atoms with Gasteiger partial charge in [-0.1, -0.05) is 11.3 Å². The molecule has 6 heteroatoms. The molecular weight excluding hydrogens is 222 g/mol. The molecule has 2 aromatic rings. The molecule has 1 heterocycles. The Balaban J connectivity index is 2.21. The molecule has 0 unspecified atom stereocenters. The highest BCUT2D eigenvalue weighted by Gasteiger charge is 2.06. The van der Waals surface area contributed by atoms with E-state index in [1.165, 1.54) is 12.3 Å².